The first-order chi connectivity index (χ1) is 10.7. The number of aryl methyl sites for hydroxylation is 1. The molecular formula is C18H18Cl2NZr-. The van der Waals surface area contributed by atoms with Crippen LogP contribution >= 0.6 is 17.0 Å². The number of hydrogen-bond donors (Lipinski definition) is 1. The topological polar surface area (TPSA) is 26.0 Å². The number of rotatable bonds is 3. The number of halogens is 2. The molecule has 0 saturated carbocycles. The molecule has 3 aromatic carbocycles. The number of fused-ring (bicyclic) bond motifs is 1. The third-order valence-electron chi connectivity index (χ3n) is 3.72. The van der Waals surface area contributed by atoms with E-state index in [1.165, 1.54) is 33.0 Å². The first kappa shape index (κ1) is 17.8. The Hall–Kier alpha value is -0.527. The molecule has 0 aliphatic heterocycles. The Morgan fingerprint density at radius 2 is 1.77 bits per heavy atom. The van der Waals surface area contributed by atoms with Crippen LogP contribution in [-0.4, -0.2) is 0 Å². The van der Waals surface area contributed by atoms with Crippen molar-refractivity contribution in [3.05, 3.63) is 65.7 Å². The predicted octanol–water partition coefficient (Wildman–Crippen LogP) is 5.62. The van der Waals surface area contributed by atoms with Crippen molar-refractivity contribution in [3.8, 4) is 11.1 Å². The van der Waals surface area contributed by atoms with Crippen LogP contribution in [0.5, 0.6) is 0 Å². The van der Waals surface area contributed by atoms with Crippen molar-refractivity contribution in [2.24, 2.45) is 5.73 Å². The van der Waals surface area contributed by atoms with E-state index in [0.717, 1.165) is 6.42 Å². The fraction of sp³-hybridized carbons (Fsp3) is 0.167. The van der Waals surface area contributed by atoms with Crippen molar-refractivity contribution >= 4 is 27.8 Å². The molecule has 3 rings (SSSR count). The van der Waals surface area contributed by atoms with Crippen LogP contribution in [0.2, 0.25) is 0 Å². The minimum atomic E-state index is -0.826. The van der Waals surface area contributed by atoms with Gasteiger partial charge >= 0.3 is 37.9 Å². The Bertz CT molecular complexity index is 720. The van der Waals surface area contributed by atoms with E-state index in [1.807, 2.05) is 0 Å². The van der Waals surface area contributed by atoms with Crippen LogP contribution in [0.25, 0.3) is 21.9 Å². The molecule has 0 unspecified atom stereocenters. The van der Waals surface area contributed by atoms with Gasteiger partial charge in [0.05, 0.1) is 0 Å². The predicted molar refractivity (Wildman–Crippen MR) is 94.0 cm³/mol. The van der Waals surface area contributed by atoms with Crippen molar-refractivity contribution < 1.29 is 20.8 Å². The van der Waals surface area contributed by atoms with E-state index < -0.39 is 20.8 Å². The van der Waals surface area contributed by atoms with E-state index in [0.29, 0.717) is 6.54 Å². The Morgan fingerprint density at radius 3 is 2.36 bits per heavy atom. The van der Waals surface area contributed by atoms with Crippen LogP contribution in [-0.2, 0) is 33.8 Å². The fourth-order valence-corrected chi connectivity index (χ4v) is 2.57. The van der Waals surface area contributed by atoms with Crippen molar-refractivity contribution in [2.75, 3.05) is 0 Å². The van der Waals surface area contributed by atoms with Gasteiger partial charge < -0.3 is 5.73 Å². The monoisotopic (exact) mass is 408 g/mol. The summed E-state index contributed by atoms with van der Waals surface area (Å²) in [4.78, 5) is 0. The van der Waals surface area contributed by atoms with Crippen molar-refractivity contribution in [2.45, 2.75) is 19.9 Å². The summed E-state index contributed by atoms with van der Waals surface area (Å²) in [5, 5.41) is 2.68. The van der Waals surface area contributed by atoms with E-state index in [2.05, 4.69) is 61.5 Å². The summed E-state index contributed by atoms with van der Waals surface area (Å²) >= 11 is -0.826. The van der Waals surface area contributed by atoms with Gasteiger partial charge in [-0.15, -0.1) is 34.5 Å². The zero-order valence-corrected chi connectivity index (χ0v) is 16.4. The Balaban J connectivity index is 0.000000545. The fourth-order valence-electron chi connectivity index (χ4n) is 2.57. The number of benzene rings is 2. The van der Waals surface area contributed by atoms with Crippen LogP contribution in [0, 0.1) is 0 Å². The maximum absolute atomic E-state index is 5.65. The summed E-state index contributed by atoms with van der Waals surface area (Å²) in [5.41, 5.74) is 10.8. The summed E-state index contributed by atoms with van der Waals surface area (Å²) in [6.45, 7) is 2.80. The Kier molecular flexibility index (Phi) is 7.24. The SMILES string of the molecule is CCc1cc2c(-c3ccc(CN)cc3)cccc2[cH-]1.[Cl][Zr][Cl]. The van der Waals surface area contributed by atoms with Crippen molar-refractivity contribution in [1.82, 2.24) is 0 Å². The van der Waals surface area contributed by atoms with Crippen molar-refractivity contribution in [3.63, 3.8) is 0 Å². The van der Waals surface area contributed by atoms with E-state index in [-0.39, 0.29) is 0 Å². The first-order valence-electron chi connectivity index (χ1n) is 7.17. The van der Waals surface area contributed by atoms with Gasteiger partial charge in [-0.3, -0.25) is 0 Å². The normalized spacial score (nSPS) is 10.2. The van der Waals surface area contributed by atoms with Gasteiger partial charge in [0.2, 0.25) is 0 Å². The van der Waals surface area contributed by atoms with Crippen LogP contribution in [0.15, 0.2) is 54.6 Å². The molecule has 4 heteroatoms. The molecule has 22 heavy (non-hydrogen) atoms. The maximum atomic E-state index is 5.65. The standard InChI is InChI=1S/C18H18N.2ClH.Zr/c1-2-13-10-16-4-3-5-17(18(16)11-13)15-8-6-14(12-19)7-9-15;;;/h3-11H,2,12,19H2,1H3;2*1H;/q-1;;;+2/p-2. The second-order valence-electron chi connectivity index (χ2n) is 5.00. The summed E-state index contributed by atoms with van der Waals surface area (Å²) in [6, 6.07) is 19.6. The van der Waals surface area contributed by atoms with Gasteiger partial charge in [-0.05, 0) is 17.5 Å². The van der Waals surface area contributed by atoms with E-state index in [1.54, 1.807) is 0 Å². The van der Waals surface area contributed by atoms with E-state index in [9.17, 15) is 0 Å². The molecule has 0 fully saturated rings. The molecule has 0 aliphatic rings. The minimum absolute atomic E-state index is 0.598. The van der Waals surface area contributed by atoms with Crippen LogP contribution < -0.4 is 5.73 Å². The zero-order chi connectivity index (χ0) is 15.9. The molecule has 0 amide bonds. The quantitative estimate of drug-likeness (QED) is 0.557. The molecule has 0 spiro atoms. The van der Waals surface area contributed by atoms with Gasteiger partial charge in [-0.1, -0.05) is 42.8 Å². The van der Waals surface area contributed by atoms with Gasteiger partial charge in [0.15, 0.2) is 0 Å². The second-order valence-corrected chi connectivity index (χ2v) is 8.73. The van der Waals surface area contributed by atoms with E-state index >= 15 is 0 Å². The molecule has 2 N–H and O–H groups in total. The third-order valence-corrected chi connectivity index (χ3v) is 3.72. The van der Waals surface area contributed by atoms with Gasteiger partial charge in [0.25, 0.3) is 0 Å². The Labute approximate surface area is 150 Å². The van der Waals surface area contributed by atoms with Gasteiger partial charge in [-0.2, -0.15) is 6.07 Å². The third kappa shape index (κ3) is 4.26. The zero-order valence-electron chi connectivity index (χ0n) is 12.4. The van der Waals surface area contributed by atoms with Gasteiger partial charge in [0, 0.05) is 6.54 Å². The molecule has 0 aliphatic carbocycles. The molecular weight excluding hydrogens is 392 g/mol. The number of hydrogen-bond acceptors (Lipinski definition) is 1. The van der Waals surface area contributed by atoms with Crippen LogP contribution in [0.4, 0.5) is 0 Å². The molecule has 0 radical (unpaired) electrons. The van der Waals surface area contributed by atoms with E-state index in [4.69, 9.17) is 22.8 Å². The second kappa shape index (κ2) is 8.94. The van der Waals surface area contributed by atoms with Gasteiger partial charge in [0.1, 0.15) is 0 Å². The summed E-state index contributed by atoms with van der Waals surface area (Å²) in [7, 11) is 9.87. The molecule has 0 atom stereocenters. The molecule has 0 bridgehead atoms. The summed E-state index contributed by atoms with van der Waals surface area (Å²) in [6.07, 6.45) is 1.08. The summed E-state index contributed by atoms with van der Waals surface area (Å²) < 4.78 is 0. The summed E-state index contributed by atoms with van der Waals surface area (Å²) in [5.74, 6) is 0. The average Bonchev–Trinajstić information content (AvgIpc) is 2.99. The molecule has 0 aromatic heterocycles. The Morgan fingerprint density at radius 1 is 1.09 bits per heavy atom. The first-order valence-corrected chi connectivity index (χ1v) is 13.5. The molecule has 3 aromatic rings. The van der Waals surface area contributed by atoms with Gasteiger partial charge in [-0.25, -0.2) is 0 Å². The molecule has 114 valence electrons. The molecule has 0 saturated heterocycles. The van der Waals surface area contributed by atoms with Crippen LogP contribution in [0.3, 0.4) is 0 Å². The number of nitrogens with two attached hydrogens (primary N) is 1. The van der Waals surface area contributed by atoms with Crippen molar-refractivity contribution in [1.29, 1.82) is 0 Å². The average molecular weight is 410 g/mol. The molecule has 1 nitrogen and oxygen atoms in total. The molecule has 0 heterocycles. The van der Waals surface area contributed by atoms with Crippen LogP contribution in [0.1, 0.15) is 18.1 Å².